The third-order valence-corrected chi connectivity index (χ3v) is 4.44. The molecular formula is C17H31N3O5S. The monoisotopic (exact) mass is 389 g/mol. The van der Waals surface area contributed by atoms with Crippen LogP contribution in [0.3, 0.4) is 0 Å². The van der Waals surface area contributed by atoms with E-state index in [1.54, 1.807) is 27.2 Å². The molecule has 2 atom stereocenters. The Bertz CT molecular complexity index is 590. The highest BCUT2D eigenvalue weighted by atomic mass is 32.2. The Hall–Kier alpha value is -1.45. The molecule has 1 rings (SSSR count). The molecule has 0 unspecified atom stereocenters. The summed E-state index contributed by atoms with van der Waals surface area (Å²) >= 11 is 0. The molecule has 0 aromatic carbocycles. The minimum absolute atomic E-state index is 0.143. The largest absolute Gasteiger partial charge is 0.463 e. The molecule has 1 aliphatic rings. The van der Waals surface area contributed by atoms with Crippen molar-refractivity contribution < 1.29 is 22.6 Å². The zero-order valence-corrected chi connectivity index (χ0v) is 17.0. The molecule has 0 aromatic heterocycles. The molecule has 0 radical (unpaired) electrons. The number of amidine groups is 2. The summed E-state index contributed by atoms with van der Waals surface area (Å²) in [5.74, 6) is 0.711. The summed E-state index contributed by atoms with van der Waals surface area (Å²) in [5.41, 5.74) is 0. The van der Waals surface area contributed by atoms with E-state index in [0.717, 1.165) is 19.1 Å². The lowest BCUT2D eigenvalue weighted by molar-refractivity contribution is 0.102. The highest BCUT2D eigenvalue weighted by molar-refractivity contribution is 7.89. The molecular weight excluding hydrogens is 358 g/mol. The molecule has 1 aliphatic heterocycles. The first-order valence-electron chi connectivity index (χ1n) is 8.73. The lowest BCUT2D eigenvalue weighted by Crippen LogP contribution is -2.45. The minimum atomic E-state index is -3.61. The Morgan fingerprint density at radius 1 is 1.23 bits per heavy atom. The summed E-state index contributed by atoms with van der Waals surface area (Å²) in [4.78, 5) is 6.63. The van der Waals surface area contributed by atoms with Gasteiger partial charge in [0.05, 0.1) is 38.2 Å². The lowest BCUT2D eigenvalue weighted by Gasteiger charge is -2.33. The number of likely N-dealkylation sites (tertiary alicyclic amines) is 1. The normalized spacial score (nSPS) is 21.9. The van der Waals surface area contributed by atoms with Crippen LogP contribution in [-0.2, 0) is 24.2 Å². The zero-order valence-electron chi connectivity index (χ0n) is 16.2. The molecule has 0 bridgehead atoms. The fraction of sp³-hybridized carbons (Fsp3) is 0.765. The van der Waals surface area contributed by atoms with E-state index in [1.165, 1.54) is 0 Å². The van der Waals surface area contributed by atoms with Crippen LogP contribution >= 0.6 is 0 Å². The summed E-state index contributed by atoms with van der Waals surface area (Å²) in [6.45, 7) is 6.91. The van der Waals surface area contributed by atoms with Crippen molar-refractivity contribution in [2.24, 2.45) is 9.39 Å². The van der Waals surface area contributed by atoms with Crippen molar-refractivity contribution in [3.05, 3.63) is 12.7 Å². The summed E-state index contributed by atoms with van der Waals surface area (Å²) < 4.78 is 42.8. The summed E-state index contributed by atoms with van der Waals surface area (Å²) in [6.07, 6.45) is 6.01. The highest BCUT2D eigenvalue weighted by Gasteiger charge is 2.35. The van der Waals surface area contributed by atoms with E-state index < -0.39 is 10.0 Å². The Morgan fingerprint density at radius 2 is 1.81 bits per heavy atom. The molecule has 150 valence electrons. The average molecular weight is 390 g/mol. The number of rotatable bonds is 9. The minimum Gasteiger partial charge on any atom is -0.463 e. The van der Waals surface area contributed by atoms with Crippen LogP contribution < -0.4 is 0 Å². The van der Waals surface area contributed by atoms with Gasteiger partial charge in [0.25, 0.3) is 10.0 Å². The summed E-state index contributed by atoms with van der Waals surface area (Å²) in [7, 11) is -0.283. The molecule has 0 N–H and O–H groups in total. The van der Waals surface area contributed by atoms with Gasteiger partial charge in [0.1, 0.15) is 5.84 Å². The van der Waals surface area contributed by atoms with Crippen LogP contribution in [0.15, 0.2) is 22.0 Å². The molecule has 0 aromatic rings. The Labute approximate surface area is 157 Å². The Kier molecular flexibility index (Phi) is 9.82. The number of allylic oxidation sites excluding steroid dienone is 1. The van der Waals surface area contributed by atoms with E-state index >= 15 is 0 Å². The van der Waals surface area contributed by atoms with Crippen molar-refractivity contribution in [2.75, 3.05) is 40.3 Å². The Balaban J connectivity index is 3.29. The molecule has 26 heavy (non-hydrogen) atoms. The number of hydrogen-bond acceptors (Lipinski definition) is 5. The highest BCUT2D eigenvalue weighted by Crippen LogP contribution is 2.27. The quantitative estimate of drug-likeness (QED) is 0.339. The second-order valence-corrected chi connectivity index (χ2v) is 7.75. The lowest BCUT2D eigenvalue weighted by atomic mass is 10.2. The van der Waals surface area contributed by atoms with Gasteiger partial charge in [0, 0.05) is 20.6 Å². The number of sulfonamides is 1. The van der Waals surface area contributed by atoms with E-state index in [1.807, 2.05) is 0 Å². The van der Waals surface area contributed by atoms with E-state index in [0.29, 0.717) is 31.9 Å². The molecule has 0 amide bonds. The van der Waals surface area contributed by atoms with Gasteiger partial charge in [0.15, 0.2) is 0 Å². The van der Waals surface area contributed by atoms with Crippen LogP contribution in [0.2, 0.25) is 0 Å². The molecule has 1 fully saturated rings. The number of aliphatic imine (C=N–C) groups is 1. The van der Waals surface area contributed by atoms with E-state index in [9.17, 15) is 8.42 Å². The zero-order chi connectivity index (χ0) is 19.6. The molecule has 1 heterocycles. The number of nitrogens with zero attached hydrogens (tertiary/aromatic N) is 3. The molecule has 1 saturated heterocycles. The van der Waals surface area contributed by atoms with Crippen LogP contribution in [0, 0.1) is 0 Å². The van der Waals surface area contributed by atoms with Crippen molar-refractivity contribution in [1.82, 2.24) is 4.90 Å². The summed E-state index contributed by atoms with van der Waals surface area (Å²) in [5, 5.41) is 0. The SMILES string of the molecule is C=CCC/C(=N\C(=N/S(C)(=O)=O)OCC)N1[C@@H](COC)CC[C@@H]1COC. The maximum Gasteiger partial charge on any atom is 0.329 e. The van der Waals surface area contributed by atoms with Crippen molar-refractivity contribution in [2.45, 2.75) is 44.7 Å². The second kappa shape index (κ2) is 11.3. The maximum atomic E-state index is 11.6. The van der Waals surface area contributed by atoms with Gasteiger partial charge < -0.3 is 19.1 Å². The van der Waals surface area contributed by atoms with E-state index in [2.05, 4.69) is 20.9 Å². The number of hydrogen-bond donors (Lipinski definition) is 0. The molecule has 0 saturated carbocycles. The molecule has 8 nitrogen and oxygen atoms in total. The van der Waals surface area contributed by atoms with Gasteiger partial charge in [-0.1, -0.05) is 6.08 Å². The standard InChI is InChI=1S/C17H31N3O5S/c1-6-8-9-16(18-17(25-7-2)19-26(5,21)22)20-14(12-23-3)10-11-15(20)13-24-4/h6,14-15H,1,7-13H2,2-5H3/b18-16+,19-17+/t14-,15-/m1/s1. The van der Waals surface area contributed by atoms with Crippen LogP contribution in [0.5, 0.6) is 0 Å². The van der Waals surface area contributed by atoms with Gasteiger partial charge in [0.2, 0.25) is 0 Å². The van der Waals surface area contributed by atoms with Gasteiger partial charge in [-0.15, -0.1) is 11.0 Å². The molecule has 0 aliphatic carbocycles. The van der Waals surface area contributed by atoms with Crippen molar-refractivity contribution >= 4 is 21.9 Å². The molecule has 9 heteroatoms. The van der Waals surface area contributed by atoms with Gasteiger partial charge in [-0.25, -0.2) is 8.42 Å². The first-order valence-corrected chi connectivity index (χ1v) is 10.6. The topological polar surface area (TPSA) is 89.8 Å². The maximum absolute atomic E-state index is 11.6. The number of methoxy groups -OCH3 is 2. The number of ether oxygens (including phenoxy) is 3. The fourth-order valence-electron chi connectivity index (χ4n) is 3.03. The van der Waals surface area contributed by atoms with Crippen molar-refractivity contribution in [1.29, 1.82) is 0 Å². The predicted molar refractivity (Wildman–Crippen MR) is 103 cm³/mol. The van der Waals surface area contributed by atoms with Crippen LogP contribution in [0.25, 0.3) is 0 Å². The van der Waals surface area contributed by atoms with Gasteiger partial charge in [-0.2, -0.15) is 4.99 Å². The Morgan fingerprint density at radius 3 is 2.23 bits per heavy atom. The first kappa shape index (κ1) is 22.6. The fourth-order valence-corrected chi connectivity index (χ4v) is 3.41. The smallest absolute Gasteiger partial charge is 0.329 e. The third-order valence-electron chi connectivity index (χ3n) is 3.95. The average Bonchev–Trinajstić information content (AvgIpc) is 2.93. The third kappa shape index (κ3) is 7.43. The van der Waals surface area contributed by atoms with Crippen molar-refractivity contribution in [3.63, 3.8) is 0 Å². The molecule has 0 spiro atoms. The second-order valence-electron chi connectivity index (χ2n) is 6.10. The van der Waals surface area contributed by atoms with Crippen molar-refractivity contribution in [3.8, 4) is 0 Å². The van der Waals surface area contributed by atoms with Crippen LogP contribution in [0.1, 0.15) is 32.6 Å². The van der Waals surface area contributed by atoms with Gasteiger partial charge >= 0.3 is 6.02 Å². The first-order chi connectivity index (χ1) is 12.4. The van der Waals surface area contributed by atoms with Gasteiger partial charge in [-0.3, -0.25) is 0 Å². The van der Waals surface area contributed by atoms with Crippen LogP contribution in [-0.4, -0.2) is 77.6 Å². The van der Waals surface area contributed by atoms with E-state index in [4.69, 9.17) is 14.2 Å². The predicted octanol–water partition coefficient (Wildman–Crippen LogP) is 1.83. The van der Waals surface area contributed by atoms with Gasteiger partial charge in [-0.05, 0) is 26.2 Å². The van der Waals surface area contributed by atoms with E-state index in [-0.39, 0.29) is 24.7 Å². The summed E-state index contributed by atoms with van der Waals surface area (Å²) in [6, 6.07) is 0.142. The van der Waals surface area contributed by atoms with Crippen LogP contribution in [0.4, 0.5) is 0 Å².